The van der Waals surface area contributed by atoms with E-state index in [1.807, 2.05) is 32.9 Å². The third-order valence-electron chi connectivity index (χ3n) is 4.12. The van der Waals surface area contributed by atoms with Crippen molar-refractivity contribution in [2.45, 2.75) is 20.8 Å². The van der Waals surface area contributed by atoms with Gasteiger partial charge in [-0.2, -0.15) is 0 Å². The lowest BCUT2D eigenvalue weighted by Gasteiger charge is -2.14. The molecule has 1 heterocycles. The molecular formula is C21H21ClN2O4. The minimum atomic E-state index is -0.478. The molecule has 0 aromatic heterocycles. The number of carbonyl (C=O) groups is 2. The maximum Gasteiger partial charge on any atom is 0.282 e. The molecular weight excluding hydrogens is 380 g/mol. The van der Waals surface area contributed by atoms with E-state index in [2.05, 4.69) is 5.43 Å². The van der Waals surface area contributed by atoms with Crippen LogP contribution in [-0.4, -0.2) is 25.0 Å². The van der Waals surface area contributed by atoms with Crippen molar-refractivity contribution < 1.29 is 19.1 Å². The van der Waals surface area contributed by atoms with Crippen molar-refractivity contribution >= 4 is 35.2 Å². The highest BCUT2D eigenvalue weighted by atomic mass is 35.5. The van der Waals surface area contributed by atoms with E-state index in [4.69, 9.17) is 21.1 Å². The number of nitrogens with one attached hydrogen (secondary N) is 1. The monoisotopic (exact) mass is 400 g/mol. The molecule has 7 heteroatoms. The SMILES string of the molecule is CCOc1cc(/C=C2\C(=O)NN(c3ccc(C)cc3)C2=O)cc(Cl)c1OCC. The summed E-state index contributed by atoms with van der Waals surface area (Å²) in [6.45, 7) is 6.51. The number of nitrogens with zero attached hydrogens (tertiary/aromatic N) is 1. The molecule has 0 spiro atoms. The second-order valence-electron chi connectivity index (χ2n) is 6.17. The van der Waals surface area contributed by atoms with E-state index in [1.165, 1.54) is 11.1 Å². The summed E-state index contributed by atoms with van der Waals surface area (Å²) in [7, 11) is 0. The lowest BCUT2D eigenvalue weighted by Crippen LogP contribution is -2.35. The van der Waals surface area contributed by atoms with Gasteiger partial charge in [0.25, 0.3) is 11.8 Å². The Labute approximate surface area is 168 Å². The quantitative estimate of drug-likeness (QED) is 0.589. The van der Waals surface area contributed by atoms with E-state index in [1.54, 1.807) is 24.3 Å². The minimum absolute atomic E-state index is 0.0169. The molecule has 6 nitrogen and oxygen atoms in total. The fourth-order valence-electron chi connectivity index (χ4n) is 2.82. The number of benzene rings is 2. The minimum Gasteiger partial charge on any atom is -0.490 e. The summed E-state index contributed by atoms with van der Waals surface area (Å²) >= 11 is 6.32. The molecule has 0 aliphatic carbocycles. The Kier molecular flexibility index (Phi) is 5.90. The molecule has 0 atom stereocenters. The van der Waals surface area contributed by atoms with E-state index >= 15 is 0 Å². The zero-order valence-electron chi connectivity index (χ0n) is 15.9. The predicted molar refractivity (Wildman–Crippen MR) is 109 cm³/mol. The average molecular weight is 401 g/mol. The first-order chi connectivity index (χ1) is 13.4. The van der Waals surface area contributed by atoms with Gasteiger partial charge in [0.1, 0.15) is 5.57 Å². The highest BCUT2D eigenvalue weighted by Gasteiger charge is 2.34. The van der Waals surface area contributed by atoms with Gasteiger partial charge in [-0.1, -0.05) is 29.3 Å². The van der Waals surface area contributed by atoms with Crippen LogP contribution in [0.1, 0.15) is 25.0 Å². The van der Waals surface area contributed by atoms with Gasteiger partial charge < -0.3 is 9.47 Å². The van der Waals surface area contributed by atoms with E-state index in [0.29, 0.717) is 41.0 Å². The number of ether oxygens (including phenoxy) is 2. The van der Waals surface area contributed by atoms with E-state index < -0.39 is 11.8 Å². The van der Waals surface area contributed by atoms with Crippen molar-refractivity contribution in [1.29, 1.82) is 0 Å². The highest BCUT2D eigenvalue weighted by molar-refractivity contribution is 6.33. The van der Waals surface area contributed by atoms with Crippen molar-refractivity contribution in [2.24, 2.45) is 0 Å². The molecule has 1 N–H and O–H groups in total. The van der Waals surface area contributed by atoms with Gasteiger partial charge in [-0.3, -0.25) is 15.0 Å². The van der Waals surface area contributed by atoms with Crippen LogP contribution in [0.2, 0.25) is 5.02 Å². The second kappa shape index (κ2) is 8.35. The Hall–Kier alpha value is -2.99. The van der Waals surface area contributed by atoms with Gasteiger partial charge in [-0.25, -0.2) is 5.01 Å². The average Bonchev–Trinajstić information content (AvgIpc) is 2.94. The fourth-order valence-corrected chi connectivity index (χ4v) is 3.09. The third-order valence-corrected chi connectivity index (χ3v) is 4.40. The molecule has 28 heavy (non-hydrogen) atoms. The van der Waals surface area contributed by atoms with Gasteiger partial charge in [-0.15, -0.1) is 0 Å². The summed E-state index contributed by atoms with van der Waals surface area (Å²) in [5, 5.41) is 1.58. The molecule has 1 aliphatic heterocycles. The molecule has 0 bridgehead atoms. The summed E-state index contributed by atoms with van der Waals surface area (Å²) < 4.78 is 11.1. The van der Waals surface area contributed by atoms with Crippen LogP contribution < -0.4 is 19.9 Å². The Bertz CT molecular complexity index is 938. The van der Waals surface area contributed by atoms with Crippen molar-refractivity contribution in [1.82, 2.24) is 5.43 Å². The van der Waals surface area contributed by atoms with Gasteiger partial charge in [0, 0.05) is 0 Å². The molecule has 2 aromatic rings. The number of hydrogen-bond donors (Lipinski definition) is 1. The van der Waals surface area contributed by atoms with Crippen molar-refractivity contribution in [2.75, 3.05) is 18.2 Å². The smallest absolute Gasteiger partial charge is 0.282 e. The number of anilines is 1. The number of halogens is 1. The molecule has 0 saturated carbocycles. The molecule has 0 radical (unpaired) electrons. The number of hydrazine groups is 1. The van der Waals surface area contributed by atoms with Crippen molar-refractivity contribution in [3.8, 4) is 11.5 Å². The number of rotatable bonds is 6. The van der Waals surface area contributed by atoms with Crippen molar-refractivity contribution in [3.63, 3.8) is 0 Å². The number of aryl methyl sites for hydroxylation is 1. The maximum absolute atomic E-state index is 12.8. The highest BCUT2D eigenvalue weighted by Crippen LogP contribution is 2.37. The second-order valence-corrected chi connectivity index (χ2v) is 6.58. The summed E-state index contributed by atoms with van der Waals surface area (Å²) in [5.41, 5.74) is 4.82. The molecule has 1 aliphatic rings. The molecule has 0 unspecified atom stereocenters. The number of hydrogen-bond acceptors (Lipinski definition) is 4. The number of carbonyl (C=O) groups excluding carboxylic acids is 2. The van der Waals surface area contributed by atoms with Crippen molar-refractivity contribution in [3.05, 3.63) is 58.1 Å². The van der Waals surface area contributed by atoms with Crippen LogP contribution >= 0.6 is 11.6 Å². The van der Waals surface area contributed by atoms with E-state index in [-0.39, 0.29) is 5.57 Å². The van der Waals surface area contributed by atoms with Crippen LogP contribution in [-0.2, 0) is 9.59 Å². The van der Waals surface area contributed by atoms with Crippen LogP contribution in [0.3, 0.4) is 0 Å². The Morgan fingerprint density at radius 3 is 2.39 bits per heavy atom. The first kappa shape index (κ1) is 19.8. The molecule has 2 aromatic carbocycles. The van der Waals surface area contributed by atoms with Crippen LogP contribution in [0.25, 0.3) is 6.08 Å². The lowest BCUT2D eigenvalue weighted by molar-refractivity contribution is -0.117. The first-order valence-electron chi connectivity index (χ1n) is 8.97. The van der Waals surface area contributed by atoms with Gasteiger partial charge in [0.05, 0.1) is 23.9 Å². The molecule has 146 valence electrons. The normalized spacial score (nSPS) is 15.1. The van der Waals surface area contributed by atoms with E-state index in [9.17, 15) is 9.59 Å². The topological polar surface area (TPSA) is 67.9 Å². The summed E-state index contributed by atoms with van der Waals surface area (Å²) in [4.78, 5) is 25.1. The zero-order valence-corrected chi connectivity index (χ0v) is 16.7. The third kappa shape index (κ3) is 3.97. The first-order valence-corrected chi connectivity index (χ1v) is 9.35. The molecule has 2 amide bonds. The molecule has 1 saturated heterocycles. The zero-order chi connectivity index (χ0) is 20.3. The summed E-state index contributed by atoms with van der Waals surface area (Å²) in [6.07, 6.45) is 1.50. The van der Waals surface area contributed by atoms with E-state index in [0.717, 1.165) is 5.56 Å². The summed E-state index contributed by atoms with van der Waals surface area (Å²) in [5.74, 6) is -0.00745. The van der Waals surface area contributed by atoms with Gasteiger partial charge in [0.2, 0.25) is 0 Å². The van der Waals surface area contributed by atoms with Gasteiger partial charge in [-0.05, 0) is 56.7 Å². The predicted octanol–water partition coefficient (Wildman–Crippen LogP) is 3.91. The van der Waals surface area contributed by atoms with Crippen LogP contribution in [0.5, 0.6) is 11.5 Å². The Morgan fingerprint density at radius 1 is 1.07 bits per heavy atom. The maximum atomic E-state index is 12.8. The fraction of sp³-hybridized carbons (Fsp3) is 0.238. The van der Waals surface area contributed by atoms with Gasteiger partial charge >= 0.3 is 0 Å². The largest absolute Gasteiger partial charge is 0.490 e. The van der Waals surface area contributed by atoms with Gasteiger partial charge in [0.15, 0.2) is 11.5 Å². The van der Waals surface area contributed by atoms with Crippen LogP contribution in [0.15, 0.2) is 42.0 Å². The Balaban J connectivity index is 1.95. The van der Waals surface area contributed by atoms with Crippen LogP contribution in [0.4, 0.5) is 5.69 Å². The summed E-state index contributed by atoms with van der Waals surface area (Å²) in [6, 6.07) is 10.6. The number of amides is 2. The standard InChI is InChI=1S/C21H21ClN2O4/c1-4-27-18-12-14(11-17(22)19(18)28-5-2)10-16-20(25)23-24(21(16)26)15-8-6-13(3)7-9-15/h6-12H,4-5H2,1-3H3,(H,23,25)/b16-10+. The lowest BCUT2D eigenvalue weighted by atomic mass is 10.1. The molecule has 1 fully saturated rings. The Morgan fingerprint density at radius 2 is 1.75 bits per heavy atom. The van der Waals surface area contributed by atoms with Crippen LogP contribution in [0, 0.1) is 6.92 Å². The molecule has 3 rings (SSSR count).